The summed E-state index contributed by atoms with van der Waals surface area (Å²) in [6, 6.07) is 10.4. The maximum atomic E-state index is 11.8. The number of non-ortho nitro benzene ring substituents is 1. The second-order valence-electron chi connectivity index (χ2n) is 5.26. The van der Waals surface area contributed by atoms with Gasteiger partial charge in [-0.1, -0.05) is 35.3 Å². The molecule has 9 heteroatoms. The van der Waals surface area contributed by atoms with Gasteiger partial charge in [0.1, 0.15) is 6.61 Å². The smallest absolute Gasteiger partial charge is 0.306 e. The number of ether oxygens (including phenoxy) is 1. The second kappa shape index (κ2) is 9.17. The molecule has 7 nitrogen and oxygen atoms in total. The van der Waals surface area contributed by atoms with Crippen molar-refractivity contribution in [3.05, 3.63) is 68.2 Å². The highest BCUT2D eigenvalue weighted by Gasteiger charge is 2.11. The summed E-state index contributed by atoms with van der Waals surface area (Å²) in [5, 5.41) is 14.0. The van der Waals surface area contributed by atoms with Crippen molar-refractivity contribution < 1.29 is 19.2 Å². The number of benzene rings is 2. The molecule has 0 aliphatic heterocycles. The average Bonchev–Trinajstić information content (AvgIpc) is 2.61. The van der Waals surface area contributed by atoms with E-state index in [1.807, 2.05) is 0 Å². The average molecular weight is 397 g/mol. The zero-order valence-corrected chi connectivity index (χ0v) is 14.9. The summed E-state index contributed by atoms with van der Waals surface area (Å²) >= 11 is 11.6. The fourth-order valence-corrected chi connectivity index (χ4v) is 2.31. The van der Waals surface area contributed by atoms with Crippen LogP contribution in [0.25, 0.3) is 0 Å². The molecule has 26 heavy (non-hydrogen) atoms. The summed E-state index contributed by atoms with van der Waals surface area (Å²) in [6.07, 6.45) is -0.198. The van der Waals surface area contributed by atoms with Crippen LogP contribution in [0.2, 0.25) is 10.0 Å². The van der Waals surface area contributed by atoms with Crippen molar-refractivity contribution in [1.29, 1.82) is 0 Å². The number of halogens is 2. The third-order valence-corrected chi connectivity index (χ3v) is 4.02. The van der Waals surface area contributed by atoms with E-state index in [0.717, 1.165) is 0 Å². The van der Waals surface area contributed by atoms with Gasteiger partial charge in [-0.05, 0) is 23.8 Å². The first kappa shape index (κ1) is 19.7. The molecular weight excluding hydrogens is 383 g/mol. The number of hydrogen-bond acceptors (Lipinski definition) is 5. The maximum Gasteiger partial charge on any atom is 0.306 e. The van der Waals surface area contributed by atoms with Gasteiger partial charge in [-0.3, -0.25) is 19.7 Å². The molecule has 136 valence electrons. The van der Waals surface area contributed by atoms with E-state index in [4.69, 9.17) is 27.9 Å². The van der Waals surface area contributed by atoms with E-state index >= 15 is 0 Å². The van der Waals surface area contributed by atoms with Crippen molar-refractivity contribution in [2.24, 2.45) is 0 Å². The number of nitro benzene ring substituents is 1. The quantitative estimate of drug-likeness (QED) is 0.425. The minimum Gasteiger partial charge on any atom is -0.461 e. The highest BCUT2D eigenvalue weighted by molar-refractivity contribution is 6.42. The lowest BCUT2D eigenvalue weighted by Crippen LogP contribution is -2.14. The summed E-state index contributed by atoms with van der Waals surface area (Å²) in [5.41, 5.74) is 0.877. The zero-order chi connectivity index (χ0) is 19.1. The van der Waals surface area contributed by atoms with E-state index in [1.165, 1.54) is 24.3 Å². The fourth-order valence-electron chi connectivity index (χ4n) is 2.01. The van der Waals surface area contributed by atoms with Crippen LogP contribution in [-0.4, -0.2) is 16.8 Å². The van der Waals surface area contributed by atoms with Gasteiger partial charge < -0.3 is 10.1 Å². The molecule has 1 N–H and O–H groups in total. The van der Waals surface area contributed by atoms with Crippen molar-refractivity contribution in [3.8, 4) is 0 Å². The van der Waals surface area contributed by atoms with Gasteiger partial charge in [-0.15, -0.1) is 0 Å². The second-order valence-corrected chi connectivity index (χ2v) is 6.08. The Hall–Kier alpha value is -2.64. The molecule has 1 amide bonds. The molecule has 0 saturated carbocycles. The van der Waals surface area contributed by atoms with Crippen LogP contribution < -0.4 is 5.32 Å². The number of nitrogens with one attached hydrogen (secondary N) is 1. The molecule has 0 saturated heterocycles. The minimum atomic E-state index is -0.583. The number of carbonyl (C=O) groups excluding carboxylic acids is 2. The van der Waals surface area contributed by atoms with Crippen LogP contribution in [0.4, 0.5) is 11.4 Å². The monoisotopic (exact) mass is 396 g/mol. The number of anilines is 1. The molecule has 2 rings (SSSR count). The highest BCUT2D eigenvalue weighted by Crippen LogP contribution is 2.25. The summed E-state index contributed by atoms with van der Waals surface area (Å²) < 4.78 is 5.02. The van der Waals surface area contributed by atoms with Gasteiger partial charge in [-0.25, -0.2) is 0 Å². The Bertz CT molecular complexity index is 842. The SMILES string of the molecule is O=C(CCC(=O)OCc1cccc([N+](=O)[O-])c1)Nc1ccc(Cl)c(Cl)c1. The number of nitrogens with zero attached hydrogens (tertiary/aromatic N) is 1. The van der Waals surface area contributed by atoms with Gasteiger partial charge in [-0.2, -0.15) is 0 Å². The van der Waals surface area contributed by atoms with Gasteiger partial charge in [0.2, 0.25) is 5.91 Å². The Kier molecular flexibility index (Phi) is 6.94. The highest BCUT2D eigenvalue weighted by atomic mass is 35.5. The zero-order valence-electron chi connectivity index (χ0n) is 13.4. The van der Waals surface area contributed by atoms with Crippen LogP contribution in [0.1, 0.15) is 18.4 Å². The first-order valence-corrected chi connectivity index (χ1v) is 8.24. The van der Waals surface area contributed by atoms with Crippen LogP contribution in [0.5, 0.6) is 0 Å². The van der Waals surface area contributed by atoms with Gasteiger partial charge in [0.25, 0.3) is 5.69 Å². The van der Waals surface area contributed by atoms with Crippen molar-refractivity contribution in [1.82, 2.24) is 0 Å². The summed E-state index contributed by atoms with van der Waals surface area (Å²) in [7, 11) is 0. The Morgan fingerprint density at radius 2 is 1.85 bits per heavy atom. The van der Waals surface area contributed by atoms with Crippen LogP contribution in [0, 0.1) is 10.1 Å². The van der Waals surface area contributed by atoms with Crippen molar-refractivity contribution >= 4 is 46.5 Å². The third kappa shape index (κ3) is 6.02. The predicted octanol–water partition coefficient (Wildman–Crippen LogP) is 4.36. The van der Waals surface area contributed by atoms with Crippen LogP contribution in [0.3, 0.4) is 0 Å². The van der Waals surface area contributed by atoms with Crippen LogP contribution >= 0.6 is 23.2 Å². The van der Waals surface area contributed by atoms with E-state index < -0.39 is 10.9 Å². The Morgan fingerprint density at radius 1 is 1.08 bits per heavy atom. The molecule has 0 aliphatic rings. The van der Waals surface area contributed by atoms with Gasteiger partial charge in [0.05, 0.1) is 21.4 Å². The van der Waals surface area contributed by atoms with Gasteiger partial charge in [0, 0.05) is 24.2 Å². The minimum absolute atomic E-state index is 0.0754. The van der Waals surface area contributed by atoms with Crippen molar-refractivity contribution in [3.63, 3.8) is 0 Å². The van der Waals surface area contributed by atoms with Crippen molar-refractivity contribution in [2.75, 3.05) is 5.32 Å². The standard InChI is InChI=1S/C17H14Cl2N2O5/c18-14-5-4-12(9-15(14)19)20-16(22)6-7-17(23)26-10-11-2-1-3-13(8-11)21(24)25/h1-5,8-9H,6-7,10H2,(H,20,22). The molecule has 0 aliphatic carbocycles. The Morgan fingerprint density at radius 3 is 2.54 bits per heavy atom. The number of rotatable bonds is 7. The van der Waals surface area contributed by atoms with E-state index in [0.29, 0.717) is 21.3 Å². The molecule has 0 aromatic heterocycles. The number of nitro groups is 1. The summed E-state index contributed by atoms with van der Waals surface area (Å²) in [5.74, 6) is -0.962. The van der Waals surface area contributed by atoms with Crippen LogP contribution in [0.15, 0.2) is 42.5 Å². The molecule has 0 unspecified atom stereocenters. The molecule has 2 aromatic carbocycles. The molecule has 0 spiro atoms. The molecule has 2 aromatic rings. The normalized spacial score (nSPS) is 10.2. The van der Waals surface area contributed by atoms with E-state index in [-0.39, 0.29) is 31.0 Å². The molecular formula is C17H14Cl2N2O5. The number of hydrogen-bond donors (Lipinski definition) is 1. The molecule has 0 radical (unpaired) electrons. The largest absolute Gasteiger partial charge is 0.461 e. The van der Waals surface area contributed by atoms with E-state index in [1.54, 1.807) is 18.2 Å². The van der Waals surface area contributed by atoms with Gasteiger partial charge in [0.15, 0.2) is 0 Å². The van der Waals surface area contributed by atoms with Crippen LogP contribution in [-0.2, 0) is 20.9 Å². The van der Waals surface area contributed by atoms with E-state index in [2.05, 4.69) is 5.32 Å². The topological polar surface area (TPSA) is 98.5 Å². The third-order valence-electron chi connectivity index (χ3n) is 3.28. The lowest BCUT2D eigenvalue weighted by molar-refractivity contribution is -0.384. The Labute approximate surface area is 159 Å². The lowest BCUT2D eigenvalue weighted by atomic mass is 10.2. The number of carbonyl (C=O) groups is 2. The molecule has 0 fully saturated rings. The number of amides is 1. The predicted molar refractivity (Wildman–Crippen MR) is 97.2 cm³/mol. The molecule has 0 heterocycles. The first-order chi connectivity index (χ1) is 12.3. The molecule has 0 atom stereocenters. The first-order valence-electron chi connectivity index (χ1n) is 7.49. The summed E-state index contributed by atoms with van der Waals surface area (Å²) in [6.45, 7) is -0.102. The molecule has 0 bridgehead atoms. The fraction of sp³-hybridized carbons (Fsp3) is 0.176. The maximum absolute atomic E-state index is 11.8. The lowest BCUT2D eigenvalue weighted by Gasteiger charge is -2.07. The Balaban J connectivity index is 1.77. The number of esters is 1. The van der Waals surface area contributed by atoms with E-state index in [9.17, 15) is 19.7 Å². The van der Waals surface area contributed by atoms with Crippen molar-refractivity contribution in [2.45, 2.75) is 19.4 Å². The summed E-state index contributed by atoms with van der Waals surface area (Å²) in [4.78, 5) is 33.7. The van der Waals surface area contributed by atoms with Gasteiger partial charge >= 0.3 is 5.97 Å².